The summed E-state index contributed by atoms with van der Waals surface area (Å²) in [7, 11) is 1.55. The van der Waals surface area contributed by atoms with Crippen molar-refractivity contribution in [2.24, 2.45) is 5.73 Å². The SMILES string of the molecule is COCCOCC(=O)Nc1ccc(F)c(CN)c1. The summed E-state index contributed by atoms with van der Waals surface area (Å²) in [5.41, 5.74) is 6.22. The van der Waals surface area contributed by atoms with Crippen LogP contribution in [0.3, 0.4) is 0 Å². The number of nitrogens with two attached hydrogens (primary N) is 1. The normalized spacial score (nSPS) is 10.4. The van der Waals surface area contributed by atoms with Crippen molar-refractivity contribution in [1.29, 1.82) is 0 Å². The molecular weight excluding hydrogens is 239 g/mol. The van der Waals surface area contributed by atoms with Crippen LogP contribution in [0.5, 0.6) is 0 Å². The van der Waals surface area contributed by atoms with Crippen LogP contribution in [0.25, 0.3) is 0 Å². The van der Waals surface area contributed by atoms with E-state index in [1.54, 1.807) is 7.11 Å². The molecule has 1 rings (SSSR count). The van der Waals surface area contributed by atoms with Gasteiger partial charge in [-0.2, -0.15) is 0 Å². The predicted octanol–water partition coefficient (Wildman–Crippen LogP) is 0.886. The van der Waals surface area contributed by atoms with Crippen molar-refractivity contribution in [1.82, 2.24) is 0 Å². The molecule has 0 aromatic heterocycles. The summed E-state index contributed by atoms with van der Waals surface area (Å²) < 4.78 is 23.0. The van der Waals surface area contributed by atoms with Gasteiger partial charge in [-0.25, -0.2) is 4.39 Å². The van der Waals surface area contributed by atoms with Gasteiger partial charge >= 0.3 is 0 Å². The molecule has 0 aliphatic carbocycles. The van der Waals surface area contributed by atoms with Crippen molar-refractivity contribution in [2.75, 3.05) is 32.2 Å². The monoisotopic (exact) mass is 256 g/mol. The number of nitrogens with one attached hydrogen (secondary N) is 1. The van der Waals surface area contributed by atoms with E-state index in [0.29, 0.717) is 24.5 Å². The number of methoxy groups -OCH3 is 1. The zero-order valence-electron chi connectivity index (χ0n) is 10.2. The van der Waals surface area contributed by atoms with Crippen LogP contribution in [0, 0.1) is 5.82 Å². The Labute approximate surface area is 105 Å². The van der Waals surface area contributed by atoms with E-state index in [4.69, 9.17) is 15.2 Å². The number of amides is 1. The van der Waals surface area contributed by atoms with Crippen LogP contribution in [0.1, 0.15) is 5.56 Å². The lowest BCUT2D eigenvalue weighted by Crippen LogP contribution is -2.19. The number of carbonyl (C=O) groups is 1. The second-order valence-electron chi connectivity index (χ2n) is 3.60. The molecule has 5 nitrogen and oxygen atoms in total. The molecule has 0 aliphatic heterocycles. The molecule has 0 aliphatic rings. The first-order valence-electron chi connectivity index (χ1n) is 5.52. The smallest absolute Gasteiger partial charge is 0.250 e. The van der Waals surface area contributed by atoms with Crippen LogP contribution in [-0.2, 0) is 20.8 Å². The summed E-state index contributed by atoms with van der Waals surface area (Å²) in [6.45, 7) is 0.793. The Morgan fingerprint density at radius 1 is 1.44 bits per heavy atom. The summed E-state index contributed by atoms with van der Waals surface area (Å²) in [6, 6.07) is 4.24. The number of hydrogen-bond acceptors (Lipinski definition) is 4. The fourth-order valence-electron chi connectivity index (χ4n) is 1.31. The van der Waals surface area contributed by atoms with Gasteiger partial charge in [-0.1, -0.05) is 0 Å². The van der Waals surface area contributed by atoms with Crippen LogP contribution in [0.2, 0.25) is 0 Å². The van der Waals surface area contributed by atoms with Crippen molar-refractivity contribution in [3.63, 3.8) is 0 Å². The maximum Gasteiger partial charge on any atom is 0.250 e. The Hall–Kier alpha value is -1.50. The molecule has 3 N–H and O–H groups in total. The Kier molecular flexibility index (Phi) is 6.27. The molecule has 0 bridgehead atoms. The minimum absolute atomic E-state index is 0.0707. The molecule has 6 heteroatoms. The van der Waals surface area contributed by atoms with E-state index in [9.17, 15) is 9.18 Å². The van der Waals surface area contributed by atoms with Crippen molar-refractivity contribution < 1.29 is 18.7 Å². The average molecular weight is 256 g/mol. The zero-order valence-corrected chi connectivity index (χ0v) is 10.2. The third-order valence-corrected chi connectivity index (χ3v) is 2.21. The first kappa shape index (κ1) is 14.6. The molecular formula is C12H17FN2O3. The van der Waals surface area contributed by atoms with Gasteiger partial charge in [-0.15, -0.1) is 0 Å². The van der Waals surface area contributed by atoms with Crippen LogP contribution in [-0.4, -0.2) is 32.8 Å². The van der Waals surface area contributed by atoms with Gasteiger partial charge in [-0.3, -0.25) is 4.79 Å². The van der Waals surface area contributed by atoms with E-state index in [1.165, 1.54) is 18.2 Å². The molecule has 0 atom stereocenters. The van der Waals surface area contributed by atoms with E-state index in [2.05, 4.69) is 5.32 Å². The third kappa shape index (κ3) is 4.79. The minimum atomic E-state index is -0.383. The van der Waals surface area contributed by atoms with Gasteiger partial charge in [-0.05, 0) is 18.2 Å². The van der Waals surface area contributed by atoms with Gasteiger partial charge in [0.1, 0.15) is 12.4 Å². The highest BCUT2D eigenvalue weighted by Gasteiger charge is 2.05. The fourth-order valence-corrected chi connectivity index (χ4v) is 1.31. The number of ether oxygens (including phenoxy) is 2. The highest BCUT2D eigenvalue weighted by Crippen LogP contribution is 2.14. The summed E-state index contributed by atoms with van der Waals surface area (Å²) in [5.74, 6) is -0.687. The lowest BCUT2D eigenvalue weighted by Gasteiger charge is -2.08. The molecule has 0 heterocycles. The molecule has 0 fully saturated rings. The second-order valence-corrected chi connectivity index (χ2v) is 3.60. The van der Waals surface area contributed by atoms with E-state index >= 15 is 0 Å². The minimum Gasteiger partial charge on any atom is -0.382 e. The van der Waals surface area contributed by atoms with Crippen LogP contribution < -0.4 is 11.1 Å². The Morgan fingerprint density at radius 2 is 2.22 bits per heavy atom. The topological polar surface area (TPSA) is 73.6 Å². The Bertz CT molecular complexity index is 399. The Balaban J connectivity index is 2.44. The summed E-state index contributed by atoms with van der Waals surface area (Å²) in [4.78, 5) is 11.5. The molecule has 100 valence electrons. The Morgan fingerprint density at radius 3 is 2.89 bits per heavy atom. The molecule has 1 aromatic carbocycles. The number of benzene rings is 1. The number of anilines is 1. The van der Waals surface area contributed by atoms with Gasteiger partial charge < -0.3 is 20.5 Å². The first-order chi connectivity index (χ1) is 8.67. The summed E-state index contributed by atoms with van der Waals surface area (Å²) in [6.07, 6.45) is 0. The van der Waals surface area contributed by atoms with Gasteiger partial charge in [0, 0.05) is 24.9 Å². The maximum absolute atomic E-state index is 13.2. The molecule has 1 amide bonds. The molecule has 0 spiro atoms. The second kappa shape index (κ2) is 7.75. The van der Waals surface area contributed by atoms with Crippen LogP contribution in [0.15, 0.2) is 18.2 Å². The standard InChI is InChI=1S/C12H17FN2O3/c1-17-4-5-18-8-12(16)15-10-2-3-11(13)9(6-10)7-14/h2-3,6H,4-5,7-8,14H2,1H3,(H,15,16). The number of rotatable bonds is 7. The maximum atomic E-state index is 13.2. The molecule has 0 saturated carbocycles. The number of carbonyl (C=O) groups excluding carboxylic acids is 1. The van der Waals surface area contributed by atoms with Crippen LogP contribution >= 0.6 is 0 Å². The molecule has 1 aromatic rings. The van der Waals surface area contributed by atoms with Crippen LogP contribution in [0.4, 0.5) is 10.1 Å². The van der Waals surface area contributed by atoms with E-state index < -0.39 is 0 Å². The van der Waals surface area contributed by atoms with E-state index in [-0.39, 0.29) is 24.9 Å². The lowest BCUT2D eigenvalue weighted by molar-refractivity contribution is -0.121. The van der Waals surface area contributed by atoms with Crippen molar-refractivity contribution in [2.45, 2.75) is 6.54 Å². The molecule has 18 heavy (non-hydrogen) atoms. The zero-order chi connectivity index (χ0) is 13.4. The number of halogens is 1. The third-order valence-electron chi connectivity index (χ3n) is 2.21. The summed E-state index contributed by atoms with van der Waals surface area (Å²) in [5, 5.41) is 2.59. The van der Waals surface area contributed by atoms with Gasteiger partial charge in [0.25, 0.3) is 0 Å². The highest BCUT2D eigenvalue weighted by atomic mass is 19.1. The molecule has 0 radical (unpaired) electrons. The van der Waals surface area contributed by atoms with Gasteiger partial charge in [0.05, 0.1) is 13.2 Å². The predicted molar refractivity (Wildman–Crippen MR) is 65.6 cm³/mol. The fraction of sp³-hybridized carbons (Fsp3) is 0.417. The van der Waals surface area contributed by atoms with E-state index in [1.807, 2.05) is 0 Å². The largest absolute Gasteiger partial charge is 0.382 e. The van der Waals surface area contributed by atoms with Gasteiger partial charge in [0.2, 0.25) is 5.91 Å². The van der Waals surface area contributed by atoms with Gasteiger partial charge in [0.15, 0.2) is 0 Å². The molecule has 0 saturated heterocycles. The quantitative estimate of drug-likeness (QED) is 0.710. The highest BCUT2D eigenvalue weighted by molar-refractivity contribution is 5.91. The number of hydrogen-bond donors (Lipinski definition) is 2. The lowest BCUT2D eigenvalue weighted by atomic mass is 10.2. The van der Waals surface area contributed by atoms with Crippen molar-refractivity contribution in [3.05, 3.63) is 29.6 Å². The van der Waals surface area contributed by atoms with E-state index in [0.717, 1.165) is 0 Å². The molecule has 0 unspecified atom stereocenters. The van der Waals surface area contributed by atoms with Crippen molar-refractivity contribution >= 4 is 11.6 Å². The average Bonchev–Trinajstić information content (AvgIpc) is 2.37. The van der Waals surface area contributed by atoms with Crippen molar-refractivity contribution in [3.8, 4) is 0 Å². The first-order valence-corrected chi connectivity index (χ1v) is 5.52. The summed E-state index contributed by atoms with van der Waals surface area (Å²) >= 11 is 0.